The van der Waals surface area contributed by atoms with Crippen LogP contribution in [0.1, 0.15) is 20.7 Å². The number of carbonyl (C=O) groups is 2. The van der Waals surface area contributed by atoms with Gasteiger partial charge in [0.1, 0.15) is 5.56 Å². The molecular weight excluding hydrogens is 310 g/mol. The maximum Gasteiger partial charge on any atom is 0.342 e. The van der Waals surface area contributed by atoms with Gasteiger partial charge < -0.3 is 10.4 Å². The van der Waals surface area contributed by atoms with E-state index in [-0.39, 0.29) is 11.5 Å². The molecule has 1 amide bonds. The number of carboxylic acids is 1. The van der Waals surface area contributed by atoms with E-state index in [9.17, 15) is 14.4 Å². The van der Waals surface area contributed by atoms with Crippen LogP contribution in [0.2, 0.25) is 0 Å². The summed E-state index contributed by atoms with van der Waals surface area (Å²) < 4.78 is 1.31. The van der Waals surface area contributed by atoms with Crippen LogP contribution >= 0.6 is 0 Å². The van der Waals surface area contributed by atoms with Crippen LogP contribution in [-0.2, 0) is 0 Å². The minimum atomic E-state index is -1.29. The van der Waals surface area contributed by atoms with E-state index in [1.165, 1.54) is 10.9 Å². The first-order valence-electron chi connectivity index (χ1n) is 7.06. The van der Waals surface area contributed by atoms with E-state index in [0.717, 1.165) is 0 Å². The van der Waals surface area contributed by atoms with Crippen molar-refractivity contribution >= 4 is 17.6 Å². The van der Waals surface area contributed by atoms with Crippen LogP contribution in [0.15, 0.2) is 65.6 Å². The van der Waals surface area contributed by atoms with Crippen LogP contribution in [0, 0.1) is 0 Å². The molecule has 0 radical (unpaired) electrons. The minimum absolute atomic E-state index is 0.231. The quantitative estimate of drug-likeness (QED) is 0.684. The van der Waals surface area contributed by atoms with Crippen LogP contribution in [0.4, 0.5) is 5.69 Å². The van der Waals surface area contributed by atoms with Crippen molar-refractivity contribution in [1.29, 1.82) is 0 Å². The molecule has 2 aromatic carbocycles. The summed E-state index contributed by atoms with van der Waals surface area (Å²) in [5, 5.41) is 14.1. The summed E-state index contributed by atoms with van der Waals surface area (Å²) in [7, 11) is 0. The lowest BCUT2D eigenvalue weighted by atomic mass is 10.2. The van der Waals surface area contributed by atoms with Gasteiger partial charge in [0, 0.05) is 17.4 Å². The number of H-pyrrole nitrogens is 1. The Bertz CT molecular complexity index is 940. The maximum atomic E-state index is 12.1. The van der Waals surface area contributed by atoms with E-state index in [2.05, 4.69) is 10.4 Å². The molecule has 3 aromatic rings. The average Bonchev–Trinajstić information content (AvgIpc) is 2.98. The molecule has 1 heterocycles. The van der Waals surface area contributed by atoms with E-state index in [0.29, 0.717) is 16.9 Å². The predicted molar refractivity (Wildman–Crippen MR) is 87.7 cm³/mol. The molecule has 120 valence electrons. The zero-order valence-electron chi connectivity index (χ0n) is 12.4. The lowest BCUT2D eigenvalue weighted by Crippen LogP contribution is -2.12. The Hall–Kier alpha value is -3.61. The topological polar surface area (TPSA) is 104 Å². The van der Waals surface area contributed by atoms with Crippen LogP contribution < -0.4 is 10.9 Å². The van der Waals surface area contributed by atoms with Crippen LogP contribution in [0.25, 0.3) is 5.69 Å². The number of carboxylic acid groups (broad SMARTS) is 1. The molecule has 3 rings (SSSR count). The van der Waals surface area contributed by atoms with E-state index >= 15 is 0 Å². The second-order valence-corrected chi connectivity index (χ2v) is 5.03. The summed E-state index contributed by atoms with van der Waals surface area (Å²) >= 11 is 0. The molecule has 0 bridgehead atoms. The fourth-order valence-corrected chi connectivity index (χ4v) is 2.18. The number of aromatic carboxylic acids is 1. The zero-order valence-corrected chi connectivity index (χ0v) is 12.4. The summed E-state index contributed by atoms with van der Waals surface area (Å²) in [6.45, 7) is 0. The van der Waals surface area contributed by atoms with Gasteiger partial charge in [-0.1, -0.05) is 18.2 Å². The number of nitrogens with zero attached hydrogens (tertiary/aromatic N) is 1. The van der Waals surface area contributed by atoms with Gasteiger partial charge in [-0.2, -0.15) is 0 Å². The van der Waals surface area contributed by atoms with Gasteiger partial charge in [0.15, 0.2) is 0 Å². The first kappa shape index (κ1) is 15.3. The number of aromatic nitrogens is 2. The SMILES string of the molecule is O=C(Nc1ccc(-n2cc(C(=O)O)c(=O)[nH]2)cc1)c1ccccc1. The van der Waals surface area contributed by atoms with Crippen molar-refractivity contribution in [3.05, 3.63) is 82.3 Å². The standard InChI is InChI=1S/C17H13N3O4/c21-15(11-4-2-1-3-5-11)18-12-6-8-13(9-7-12)20-10-14(17(23)24)16(22)19-20/h1-10H,(H,18,21)(H,19,22)(H,23,24). The maximum absolute atomic E-state index is 12.1. The van der Waals surface area contributed by atoms with Gasteiger partial charge in [0.05, 0.1) is 5.69 Å². The molecule has 1 aromatic heterocycles. The Morgan fingerprint density at radius 1 is 1.00 bits per heavy atom. The highest BCUT2D eigenvalue weighted by Gasteiger charge is 2.12. The number of anilines is 1. The van der Waals surface area contributed by atoms with E-state index in [1.807, 2.05) is 6.07 Å². The molecular formula is C17H13N3O4. The van der Waals surface area contributed by atoms with Gasteiger partial charge >= 0.3 is 5.97 Å². The molecule has 0 saturated carbocycles. The van der Waals surface area contributed by atoms with E-state index < -0.39 is 11.5 Å². The van der Waals surface area contributed by atoms with Crippen molar-refractivity contribution in [2.75, 3.05) is 5.32 Å². The highest BCUT2D eigenvalue weighted by Crippen LogP contribution is 2.14. The molecule has 0 aliphatic rings. The van der Waals surface area contributed by atoms with Crippen molar-refractivity contribution in [3.63, 3.8) is 0 Å². The van der Waals surface area contributed by atoms with Crippen molar-refractivity contribution in [2.45, 2.75) is 0 Å². The number of hydrogen-bond donors (Lipinski definition) is 3. The first-order chi connectivity index (χ1) is 11.5. The smallest absolute Gasteiger partial charge is 0.342 e. The molecule has 0 aliphatic heterocycles. The van der Waals surface area contributed by atoms with Gasteiger partial charge in [0.25, 0.3) is 11.5 Å². The fourth-order valence-electron chi connectivity index (χ4n) is 2.18. The Labute approximate surface area is 136 Å². The number of nitrogens with one attached hydrogen (secondary N) is 2. The van der Waals surface area contributed by atoms with Gasteiger partial charge in [0.2, 0.25) is 0 Å². The summed E-state index contributed by atoms with van der Waals surface area (Å²) in [4.78, 5) is 34.5. The molecule has 0 atom stereocenters. The Kier molecular flexibility index (Phi) is 3.98. The summed E-state index contributed by atoms with van der Waals surface area (Å²) in [6.07, 6.45) is 1.21. The third-order valence-corrected chi connectivity index (χ3v) is 3.39. The van der Waals surface area contributed by atoms with Gasteiger partial charge in [-0.25, -0.2) is 4.79 Å². The normalized spacial score (nSPS) is 10.3. The fraction of sp³-hybridized carbons (Fsp3) is 0. The predicted octanol–water partition coefficient (Wildman–Crippen LogP) is 2.12. The molecule has 0 unspecified atom stereocenters. The Balaban J connectivity index is 1.79. The summed E-state index contributed by atoms with van der Waals surface area (Å²) in [5.41, 5.74) is 0.681. The van der Waals surface area contributed by atoms with Crippen molar-refractivity contribution < 1.29 is 14.7 Å². The van der Waals surface area contributed by atoms with Crippen molar-refractivity contribution in [1.82, 2.24) is 9.78 Å². The minimum Gasteiger partial charge on any atom is -0.477 e. The molecule has 3 N–H and O–H groups in total. The monoisotopic (exact) mass is 323 g/mol. The molecule has 0 spiro atoms. The third-order valence-electron chi connectivity index (χ3n) is 3.39. The second-order valence-electron chi connectivity index (χ2n) is 5.03. The van der Waals surface area contributed by atoms with Crippen molar-refractivity contribution in [3.8, 4) is 5.69 Å². The number of hydrogen-bond acceptors (Lipinski definition) is 3. The van der Waals surface area contributed by atoms with Gasteiger partial charge in [-0.15, -0.1) is 0 Å². The van der Waals surface area contributed by atoms with E-state index in [4.69, 9.17) is 5.11 Å². The molecule has 0 aliphatic carbocycles. The molecule has 7 nitrogen and oxygen atoms in total. The molecule has 0 fully saturated rings. The van der Waals surface area contributed by atoms with Crippen LogP contribution in [-0.4, -0.2) is 26.8 Å². The van der Waals surface area contributed by atoms with Gasteiger partial charge in [-0.05, 0) is 36.4 Å². The highest BCUT2D eigenvalue weighted by atomic mass is 16.4. The molecule has 7 heteroatoms. The molecule has 24 heavy (non-hydrogen) atoms. The first-order valence-corrected chi connectivity index (χ1v) is 7.06. The van der Waals surface area contributed by atoms with Crippen molar-refractivity contribution in [2.24, 2.45) is 0 Å². The Morgan fingerprint density at radius 3 is 2.25 bits per heavy atom. The lowest BCUT2D eigenvalue weighted by molar-refractivity contribution is 0.0695. The van der Waals surface area contributed by atoms with Gasteiger partial charge in [-0.3, -0.25) is 19.4 Å². The third kappa shape index (κ3) is 3.09. The zero-order chi connectivity index (χ0) is 17.1. The summed E-state index contributed by atoms with van der Waals surface area (Å²) in [6, 6.07) is 15.4. The number of benzene rings is 2. The Morgan fingerprint density at radius 2 is 1.67 bits per heavy atom. The number of amides is 1. The van der Waals surface area contributed by atoms with E-state index in [1.54, 1.807) is 48.5 Å². The number of carbonyl (C=O) groups excluding carboxylic acids is 1. The summed E-state index contributed by atoms with van der Waals surface area (Å²) in [5.74, 6) is -1.52. The average molecular weight is 323 g/mol. The second kappa shape index (κ2) is 6.25. The number of rotatable bonds is 4. The van der Waals surface area contributed by atoms with Crippen LogP contribution in [0.5, 0.6) is 0 Å². The van der Waals surface area contributed by atoms with Crippen LogP contribution in [0.3, 0.4) is 0 Å². The molecule has 0 saturated heterocycles. The lowest BCUT2D eigenvalue weighted by Gasteiger charge is -2.07. The largest absolute Gasteiger partial charge is 0.477 e. The number of aromatic amines is 1. The highest BCUT2D eigenvalue weighted by molar-refractivity contribution is 6.04.